The molecule has 0 amide bonds. The van der Waals surface area contributed by atoms with Crippen molar-refractivity contribution in [2.45, 2.75) is 19.4 Å². The van der Waals surface area contributed by atoms with E-state index < -0.39 is 0 Å². The average molecular weight is 376 g/mol. The molecular formula is C13H15ClIN3. The van der Waals surface area contributed by atoms with Crippen molar-refractivity contribution in [2.75, 3.05) is 6.54 Å². The standard InChI is InChI=1S/C13H15ClIN3/c1-2-16-12(8-13-17-5-6-18-13)9-3-4-11(15)10(14)7-9/h3-7,12,16H,2,8H2,1H3,(H,17,18). The number of H-pyrrole nitrogens is 1. The van der Waals surface area contributed by atoms with E-state index in [1.807, 2.05) is 18.3 Å². The molecule has 5 heteroatoms. The van der Waals surface area contributed by atoms with Gasteiger partial charge >= 0.3 is 0 Å². The first kappa shape index (κ1) is 13.8. The predicted molar refractivity (Wildman–Crippen MR) is 82.9 cm³/mol. The lowest BCUT2D eigenvalue weighted by atomic mass is 10.0. The summed E-state index contributed by atoms with van der Waals surface area (Å²) in [6.45, 7) is 3.01. The molecule has 0 aliphatic heterocycles. The van der Waals surface area contributed by atoms with Crippen molar-refractivity contribution in [3.05, 3.63) is 50.6 Å². The lowest BCUT2D eigenvalue weighted by Crippen LogP contribution is -2.23. The molecule has 1 unspecified atom stereocenters. The van der Waals surface area contributed by atoms with E-state index in [0.29, 0.717) is 0 Å². The third-order valence-corrected chi connectivity index (χ3v) is 4.32. The molecule has 1 aromatic heterocycles. The van der Waals surface area contributed by atoms with E-state index in [1.165, 1.54) is 5.56 Å². The fraction of sp³-hybridized carbons (Fsp3) is 0.308. The zero-order chi connectivity index (χ0) is 13.0. The van der Waals surface area contributed by atoms with Gasteiger partial charge in [-0.2, -0.15) is 0 Å². The van der Waals surface area contributed by atoms with Gasteiger partial charge in [-0.1, -0.05) is 24.6 Å². The number of likely N-dealkylation sites (N-methyl/N-ethyl adjacent to an activating group) is 1. The number of nitrogens with one attached hydrogen (secondary N) is 2. The normalized spacial score (nSPS) is 12.6. The van der Waals surface area contributed by atoms with Crippen LogP contribution >= 0.6 is 34.2 Å². The molecule has 0 radical (unpaired) electrons. The van der Waals surface area contributed by atoms with Crippen molar-refractivity contribution in [1.82, 2.24) is 15.3 Å². The van der Waals surface area contributed by atoms with Crippen molar-refractivity contribution in [3.63, 3.8) is 0 Å². The summed E-state index contributed by atoms with van der Waals surface area (Å²) in [4.78, 5) is 7.41. The monoisotopic (exact) mass is 375 g/mol. The molecule has 0 bridgehead atoms. The van der Waals surface area contributed by atoms with E-state index in [0.717, 1.165) is 27.4 Å². The minimum absolute atomic E-state index is 0.232. The van der Waals surface area contributed by atoms with Crippen LogP contribution in [0.2, 0.25) is 5.02 Å². The molecule has 0 fully saturated rings. The Balaban J connectivity index is 2.20. The van der Waals surface area contributed by atoms with Gasteiger partial charge in [-0.25, -0.2) is 4.98 Å². The summed E-state index contributed by atoms with van der Waals surface area (Å²) in [6, 6.07) is 6.42. The molecule has 3 nitrogen and oxygen atoms in total. The molecule has 2 rings (SSSR count). The Kier molecular flexibility index (Phi) is 5.03. The Morgan fingerprint density at radius 3 is 2.94 bits per heavy atom. The zero-order valence-electron chi connectivity index (χ0n) is 10.1. The Hall–Kier alpha value is -0.590. The number of nitrogens with zero attached hydrogens (tertiary/aromatic N) is 1. The zero-order valence-corrected chi connectivity index (χ0v) is 13.0. The van der Waals surface area contributed by atoms with Crippen molar-refractivity contribution < 1.29 is 0 Å². The van der Waals surface area contributed by atoms with E-state index in [1.54, 1.807) is 6.20 Å². The third kappa shape index (κ3) is 3.46. The van der Waals surface area contributed by atoms with Crippen LogP contribution in [-0.2, 0) is 6.42 Å². The number of rotatable bonds is 5. The molecule has 2 N–H and O–H groups in total. The average Bonchev–Trinajstić information content (AvgIpc) is 2.85. The van der Waals surface area contributed by atoms with Crippen LogP contribution in [0, 0.1) is 3.57 Å². The number of imidazole rings is 1. The lowest BCUT2D eigenvalue weighted by molar-refractivity contribution is 0.539. The molecule has 18 heavy (non-hydrogen) atoms. The Morgan fingerprint density at radius 1 is 1.50 bits per heavy atom. The van der Waals surface area contributed by atoms with Crippen LogP contribution in [0.1, 0.15) is 24.4 Å². The maximum absolute atomic E-state index is 6.18. The minimum Gasteiger partial charge on any atom is -0.349 e. The molecule has 0 saturated carbocycles. The largest absolute Gasteiger partial charge is 0.349 e. The fourth-order valence-corrected chi connectivity index (χ4v) is 2.41. The van der Waals surface area contributed by atoms with Gasteiger partial charge in [0.15, 0.2) is 0 Å². The van der Waals surface area contributed by atoms with Crippen LogP contribution in [0.25, 0.3) is 0 Å². The predicted octanol–water partition coefficient (Wildman–Crippen LogP) is 3.56. The summed E-state index contributed by atoms with van der Waals surface area (Å²) in [5, 5.41) is 4.26. The van der Waals surface area contributed by atoms with Crippen molar-refractivity contribution in [3.8, 4) is 0 Å². The molecule has 96 valence electrons. The molecule has 1 heterocycles. The number of aromatic nitrogens is 2. The fourth-order valence-electron chi connectivity index (χ4n) is 1.89. The topological polar surface area (TPSA) is 40.7 Å². The number of hydrogen-bond donors (Lipinski definition) is 2. The van der Waals surface area contributed by atoms with Gasteiger partial charge in [-0.05, 0) is 46.8 Å². The van der Waals surface area contributed by atoms with Crippen LogP contribution in [0.4, 0.5) is 0 Å². The summed E-state index contributed by atoms with van der Waals surface area (Å²) >= 11 is 8.42. The lowest BCUT2D eigenvalue weighted by Gasteiger charge is -2.17. The smallest absolute Gasteiger partial charge is 0.107 e. The van der Waals surface area contributed by atoms with Gasteiger partial charge in [0.2, 0.25) is 0 Å². The third-order valence-electron chi connectivity index (χ3n) is 2.75. The highest BCUT2D eigenvalue weighted by atomic mass is 127. The van der Waals surface area contributed by atoms with Crippen LogP contribution in [-0.4, -0.2) is 16.5 Å². The van der Waals surface area contributed by atoms with Gasteiger partial charge in [0.05, 0.1) is 5.02 Å². The molecule has 2 aromatic rings. The highest BCUT2D eigenvalue weighted by molar-refractivity contribution is 14.1. The highest BCUT2D eigenvalue weighted by Crippen LogP contribution is 2.24. The molecule has 1 aromatic carbocycles. The van der Waals surface area contributed by atoms with Gasteiger partial charge in [0.1, 0.15) is 5.82 Å². The molecular weight excluding hydrogens is 361 g/mol. The van der Waals surface area contributed by atoms with E-state index >= 15 is 0 Å². The quantitative estimate of drug-likeness (QED) is 0.785. The number of halogens is 2. The molecule has 0 spiro atoms. The summed E-state index contributed by atoms with van der Waals surface area (Å²) < 4.78 is 1.08. The van der Waals surface area contributed by atoms with Crippen molar-refractivity contribution >= 4 is 34.2 Å². The van der Waals surface area contributed by atoms with E-state index in [-0.39, 0.29) is 6.04 Å². The molecule has 0 saturated heterocycles. The summed E-state index contributed by atoms with van der Waals surface area (Å²) in [6.07, 6.45) is 4.45. The van der Waals surface area contributed by atoms with Crippen molar-refractivity contribution in [2.24, 2.45) is 0 Å². The molecule has 0 aliphatic carbocycles. The van der Waals surface area contributed by atoms with Gasteiger partial charge < -0.3 is 10.3 Å². The number of benzene rings is 1. The summed E-state index contributed by atoms with van der Waals surface area (Å²) in [7, 11) is 0. The Bertz CT molecular complexity index is 499. The second-order valence-corrected chi connectivity index (χ2v) is 5.59. The SMILES string of the molecule is CCNC(Cc1ncc[nH]1)c1ccc(I)c(Cl)c1. The maximum atomic E-state index is 6.18. The highest BCUT2D eigenvalue weighted by Gasteiger charge is 2.13. The van der Waals surface area contributed by atoms with E-state index in [4.69, 9.17) is 11.6 Å². The van der Waals surface area contributed by atoms with Gasteiger partial charge in [-0.3, -0.25) is 0 Å². The Morgan fingerprint density at radius 2 is 2.33 bits per heavy atom. The second-order valence-electron chi connectivity index (χ2n) is 4.02. The first-order valence-corrected chi connectivity index (χ1v) is 7.33. The van der Waals surface area contributed by atoms with Crippen LogP contribution in [0.5, 0.6) is 0 Å². The number of aromatic amines is 1. The Labute approximate surface area is 125 Å². The van der Waals surface area contributed by atoms with Crippen LogP contribution < -0.4 is 5.32 Å². The van der Waals surface area contributed by atoms with Crippen LogP contribution in [0.3, 0.4) is 0 Å². The summed E-state index contributed by atoms with van der Waals surface area (Å²) in [5.74, 6) is 0.982. The molecule has 0 aliphatic rings. The summed E-state index contributed by atoms with van der Waals surface area (Å²) in [5.41, 5.74) is 1.19. The van der Waals surface area contributed by atoms with Gasteiger partial charge in [-0.15, -0.1) is 0 Å². The van der Waals surface area contributed by atoms with Crippen molar-refractivity contribution in [1.29, 1.82) is 0 Å². The molecule has 1 atom stereocenters. The van der Waals surface area contributed by atoms with E-state index in [2.05, 4.69) is 50.9 Å². The van der Waals surface area contributed by atoms with E-state index in [9.17, 15) is 0 Å². The maximum Gasteiger partial charge on any atom is 0.107 e. The number of hydrogen-bond acceptors (Lipinski definition) is 2. The second kappa shape index (κ2) is 6.54. The first-order chi connectivity index (χ1) is 8.70. The minimum atomic E-state index is 0.232. The van der Waals surface area contributed by atoms with Gasteiger partial charge in [0.25, 0.3) is 0 Å². The first-order valence-electron chi connectivity index (χ1n) is 5.87. The van der Waals surface area contributed by atoms with Gasteiger partial charge in [0, 0.05) is 28.4 Å². The van der Waals surface area contributed by atoms with Crippen LogP contribution in [0.15, 0.2) is 30.6 Å².